The van der Waals surface area contributed by atoms with Crippen LogP contribution in [0.1, 0.15) is 0 Å². The summed E-state index contributed by atoms with van der Waals surface area (Å²) < 4.78 is 9.42. The zero-order valence-corrected chi connectivity index (χ0v) is 6.03. The molecule has 0 aromatic heterocycles. The van der Waals surface area contributed by atoms with Crippen molar-refractivity contribution in [2.45, 2.75) is 12.2 Å². The smallest absolute Gasteiger partial charge is 0.338 e. The molecule has 11 heavy (non-hydrogen) atoms. The number of carbonyl (C=O) groups is 1. The Labute approximate surface area is 64.4 Å². The van der Waals surface area contributed by atoms with E-state index in [2.05, 4.69) is 11.3 Å². The molecule has 0 radical (unpaired) electrons. The summed E-state index contributed by atoms with van der Waals surface area (Å²) in [7, 11) is 0. The van der Waals surface area contributed by atoms with Gasteiger partial charge in [-0.25, -0.2) is 4.79 Å². The number of esters is 1. The number of aliphatic hydroxyl groups is 1. The zero-order valence-electron chi connectivity index (χ0n) is 6.03. The van der Waals surface area contributed by atoms with Crippen molar-refractivity contribution in [3.8, 4) is 0 Å². The summed E-state index contributed by atoms with van der Waals surface area (Å²) in [6.07, 6.45) is 0.570. The minimum atomic E-state index is -0.556. The Kier molecular flexibility index (Phi) is 2.62. The molecule has 4 nitrogen and oxygen atoms in total. The van der Waals surface area contributed by atoms with Crippen molar-refractivity contribution in [1.82, 2.24) is 0 Å². The highest BCUT2D eigenvalue weighted by atomic mass is 16.6. The molecule has 1 saturated heterocycles. The molecule has 1 aliphatic heterocycles. The van der Waals surface area contributed by atoms with Crippen LogP contribution in [0.25, 0.3) is 0 Å². The number of ether oxygens (including phenoxy) is 2. The second kappa shape index (κ2) is 3.50. The van der Waals surface area contributed by atoms with E-state index in [1.807, 2.05) is 0 Å². The summed E-state index contributed by atoms with van der Waals surface area (Å²) in [6, 6.07) is 0. The molecule has 0 amide bonds. The summed E-state index contributed by atoms with van der Waals surface area (Å²) in [5, 5.41) is 8.50. The van der Waals surface area contributed by atoms with Crippen LogP contribution in [0.4, 0.5) is 0 Å². The van der Waals surface area contributed by atoms with Crippen molar-refractivity contribution in [2.75, 3.05) is 13.2 Å². The third kappa shape index (κ3) is 2.03. The highest BCUT2D eigenvalue weighted by Gasteiger charge is 2.45. The first kappa shape index (κ1) is 8.23. The number of aliphatic hydroxyl groups excluding tert-OH is 1. The maximum Gasteiger partial charge on any atom is 0.338 e. The highest BCUT2D eigenvalue weighted by Crippen LogP contribution is 2.22. The summed E-state index contributed by atoms with van der Waals surface area (Å²) in [6.45, 7) is 3.44. The Morgan fingerprint density at radius 1 is 1.82 bits per heavy atom. The van der Waals surface area contributed by atoms with E-state index in [9.17, 15) is 4.79 Å². The van der Waals surface area contributed by atoms with Crippen LogP contribution >= 0.6 is 0 Å². The number of hydrogen-bond donors (Lipinski definition) is 1. The Hall–Kier alpha value is -0.870. The molecule has 1 heterocycles. The van der Waals surface area contributed by atoms with Gasteiger partial charge in [0.15, 0.2) is 6.10 Å². The van der Waals surface area contributed by atoms with Crippen molar-refractivity contribution in [1.29, 1.82) is 0 Å². The van der Waals surface area contributed by atoms with Crippen LogP contribution in [0.5, 0.6) is 0 Å². The van der Waals surface area contributed by atoms with Crippen molar-refractivity contribution in [2.24, 2.45) is 0 Å². The van der Waals surface area contributed by atoms with Gasteiger partial charge in [-0.05, 0) is 0 Å². The first-order valence-electron chi connectivity index (χ1n) is 3.33. The molecule has 0 spiro atoms. The summed E-state index contributed by atoms with van der Waals surface area (Å²) in [5.74, 6) is -0.427. The molecule has 1 fully saturated rings. The Morgan fingerprint density at radius 2 is 2.55 bits per heavy atom. The van der Waals surface area contributed by atoms with Crippen LogP contribution < -0.4 is 0 Å². The van der Waals surface area contributed by atoms with Gasteiger partial charge >= 0.3 is 5.97 Å². The molecule has 62 valence electrons. The lowest BCUT2D eigenvalue weighted by atomic mass is 10.3. The fourth-order valence-corrected chi connectivity index (χ4v) is 0.712. The number of carbonyl (C=O) groups excluding carboxylic acids is 1. The van der Waals surface area contributed by atoms with Crippen molar-refractivity contribution < 1.29 is 19.4 Å². The molecule has 4 heteroatoms. The van der Waals surface area contributed by atoms with Gasteiger partial charge in [-0.2, -0.15) is 0 Å². The molecule has 1 rings (SSSR count). The molecule has 0 unspecified atom stereocenters. The lowest BCUT2D eigenvalue weighted by Gasteiger charge is -1.95. The molecule has 0 aromatic carbocycles. The topological polar surface area (TPSA) is 59.1 Å². The van der Waals surface area contributed by atoms with Crippen LogP contribution in [0, 0.1) is 0 Å². The maximum absolute atomic E-state index is 10.8. The van der Waals surface area contributed by atoms with Gasteiger partial charge in [-0.15, -0.1) is 0 Å². The monoisotopic (exact) mass is 158 g/mol. The van der Waals surface area contributed by atoms with Crippen molar-refractivity contribution >= 4 is 5.97 Å². The van der Waals surface area contributed by atoms with Crippen LogP contribution in [0.3, 0.4) is 0 Å². The summed E-state index contributed by atoms with van der Waals surface area (Å²) in [5.41, 5.74) is 0. The van der Waals surface area contributed by atoms with Gasteiger partial charge < -0.3 is 14.6 Å². The molecule has 1 aliphatic rings. The van der Waals surface area contributed by atoms with Gasteiger partial charge in [-0.3, -0.25) is 0 Å². The van der Waals surface area contributed by atoms with Crippen LogP contribution in [0.2, 0.25) is 0 Å². The summed E-state index contributed by atoms with van der Waals surface area (Å²) >= 11 is 0. The Morgan fingerprint density at radius 3 is 3.00 bits per heavy atom. The SMILES string of the molecule is C=CCOC(=O)[C@H]1O[C@@H]1CO. The molecule has 0 bridgehead atoms. The second-order valence-corrected chi connectivity index (χ2v) is 2.20. The zero-order chi connectivity index (χ0) is 8.27. The molecule has 0 aromatic rings. The van der Waals surface area contributed by atoms with Crippen LogP contribution in [0.15, 0.2) is 12.7 Å². The van der Waals surface area contributed by atoms with Gasteiger partial charge in [0.25, 0.3) is 0 Å². The molecular formula is C7H10O4. The van der Waals surface area contributed by atoms with E-state index in [0.717, 1.165) is 0 Å². The number of hydrogen-bond acceptors (Lipinski definition) is 4. The minimum Gasteiger partial charge on any atom is -0.459 e. The second-order valence-electron chi connectivity index (χ2n) is 2.20. The molecular weight excluding hydrogens is 148 g/mol. The minimum absolute atomic E-state index is 0.131. The van der Waals surface area contributed by atoms with E-state index in [-0.39, 0.29) is 19.3 Å². The third-order valence-electron chi connectivity index (χ3n) is 1.34. The van der Waals surface area contributed by atoms with Crippen LogP contribution in [-0.2, 0) is 14.3 Å². The van der Waals surface area contributed by atoms with E-state index in [1.165, 1.54) is 6.08 Å². The lowest BCUT2D eigenvalue weighted by Crippen LogP contribution is -2.15. The largest absolute Gasteiger partial charge is 0.459 e. The maximum atomic E-state index is 10.8. The van der Waals surface area contributed by atoms with Crippen molar-refractivity contribution in [3.05, 3.63) is 12.7 Å². The Bertz CT molecular complexity index is 166. The van der Waals surface area contributed by atoms with E-state index >= 15 is 0 Å². The fraction of sp³-hybridized carbons (Fsp3) is 0.571. The average molecular weight is 158 g/mol. The molecule has 1 N–H and O–H groups in total. The predicted molar refractivity (Wildman–Crippen MR) is 36.9 cm³/mol. The third-order valence-corrected chi connectivity index (χ3v) is 1.34. The first-order chi connectivity index (χ1) is 5.29. The van der Waals surface area contributed by atoms with E-state index in [0.29, 0.717) is 0 Å². The van der Waals surface area contributed by atoms with Gasteiger partial charge in [-0.1, -0.05) is 12.7 Å². The van der Waals surface area contributed by atoms with E-state index in [1.54, 1.807) is 0 Å². The average Bonchev–Trinajstić information content (AvgIpc) is 2.78. The quantitative estimate of drug-likeness (QED) is 0.339. The number of rotatable bonds is 4. The fourth-order valence-electron chi connectivity index (χ4n) is 0.712. The first-order valence-corrected chi connectivity index (χ1v) is 3.33. The number of epoxide rings is 1. The lowest BCUT2D eigenvalue weighted by molar-refractivity contribution is -0.143. The summed E-state index contributed by atoms with van der Waals surface area (Å²) in [4.78, 5) is 10.8. The van der Waals surface area contributed by atoms with Crippen molar-refractivity contribution in [3.63, 3.8) is 0 Å². The van der Waals surface area contributed by atoms with Gasteiger partial charge in [0.2, 0.25) is 0 Å². The van der Waals surface area contributed by atoms with Gasteiger partial charge in [0.05, 0.1) is 6.61 Å². The standard InChI is InChI=1S/C7H10O4/c1-2-3-10-7(9)6-5(4-8)11-6/h2,5-6,8H,1,3-4H2/t5-,6+/m1/s1. The predicted octanol–water partition coefficient (Wildman–Crippen LogP) is -0.525. The van der Waals surface area contributed by atoms with E-state index in [4.69, 9.17) is 9.84 Å². The Balaban J connectivity index is 2.17. The molecule has 2 atom stereocenters. The molecule has 0 saturated carbocycles. The van der Waals surface area contributed by atoms with Crippen LogP contribution in [-0.4, -0.2) is 36.5 Å². The van der Waals surface area contributed by atoms with E-state index < -0.39 is 12.1 Å². The van der Waals surface area contributed by atoms with Gasteiger partial charge in [0.1, 0.15) is 12.7 Å². The van der Waals surface area contributed by atoms with Gasteiger partial charge in [0, 0.05) is 0 Å². The highest BCUT2D eigenvalue weighted by molar-refractivity contribution is 5.78. The molecule has 0 aliphatic carbocycles. The normalized spacial score (nSPS) is 27.7.